The lowest BCUT2D eigenvalue weighted by molar-refractivity contribution is 0.447. The van der Waals surface area contributed by atoms with Gasteiger partial charge in [0.05, 0.1) is 0 Å². The SMILES string of the molecule is CCCCCCCC(C)NC(C)CSC. The average molecular weight is 231 g/mol. The third-order valence-electron chi connectivity index (χ3n) is 2.73. The summed E-state index contributed by atoms with van der Waals surface area (Å²) in [6.07, 6.45) is 10.5. The second kappa shape index (κ2) is 10.8. The van der Waals surface area contributed by atoms with Crippen molar-refractivity contribution in [2.75, 3.05) is 12.0 Å². The van der Waals surface area contributed by atoms with E-state index in [1.54, 1.807) is 0 Å². The van der Waals surface area contributed by atoms with Gasteiger partial charge in [-0.2, -0.15) is 11.8 Å². The van der Waals surface area contributed by atoms with Gasteiger partial charge in [0.1, 0.15) is 0 Å². The zero-order valence-electron chi connectivity index (χ0n) is 11.0. The maximum atomic E-state index is 3.65. The average Bonchev–Trinajstić information content (AvgIpc) is 2.17. The maximum absolute atomic E-state index is 3.65. The van der Waals surface area contributed by atoms with Gasteiger partial charge in [0, 0.05) is 17.8 Å². The van der Waals surface area contributed by atoms with E-state index in [9.17, 15) is 0 Å². The third kappa shape index (κ3) is 10.6. The van der Waals surface area contributed by atoms with Crippen molar-refractivity contribution in [2.45, 2.75) is 71.4 Å². The van der Waals surface area contributed by atoms with Gasteiger partial charge in [0.25, 0.3) is 0 Å². The van der Waals surface area contributed by atoms with Crippen molar-refractivity contribution in [3.63, 3.8) is 0 Å². The first-order valence-corrected chi connectivity index (χ1v) is 7.85. The molecular formula is C13H29NS. The van der Waals surface area contributed by atoms with Crippen molar-refractivity contribution in [2.24, 2.45) is 0 Å². The fourth-order valence-electron chi connectivity index (χ4n) is 1.92. The Balaban J connectivity index is 3.28. The Kier molecular flexibility index (Phi) is 11.0. The Hall–Kier alpha value is 0.310. The van der Waals surface area contributed by atoms with E-state index in [0.29, 0.717) is 12.1 Å². The van der Waals surface area contributed by atoms with Gasteiger partial charge in [-0.15, -0.1) is 0 Å². The van der Waals surface area contributed by atoms with Crippen LogP contribution in [0, 0.1) is 0 Å². The molecule has 0 aliphatic carbocycles. The van der Waals surface area contributed by atoms with Gasteiger partial charge in [-0.05, 0) is 26.5 Å². The van der Waals surface area contributed by atoms with Crippen LogP contribution in [0.5, 0.6) is 0 Å². The Bertz CT molecular complexity index is 128. The molecule has 0 heterocycles. The molecule has 2 unspecified atom stereocenters. The highest BCUT2D eigenvalue weighted by atomic mass is 32.2. The van der Waals surface area contributed by atoms with Crippen molar-refractivity contribution >= 4 is 11.8 Å². The monoisotopic (exact) mass is 231 g/mol. The summed E-state index contributed by atoms with van der Waals surface area (Å²) in [6, 6.07) is 1.35. The van der Waals surface area contributed by atoms with Crippen LogP contribution >= 0.6 is 11.8 Å². The van der Waals surface area contributed by atoms with E-state index in [1.807, 2.05) is 11.8 Å². The number of unbranched alkanes of at least 4 members (excludes halogenated alkanes) is 4. The highest BCUT2D eigenvalue weighted by Gasteiger charge is 2.05. The first kappa shape index (κ1) is 15.3. The fourth-order valence-corrected chi connectivity index (χ4v) is 2.52. The van der Waals surface area contributed by atoms with Crippen LogP contribution in [0.2, 0.25) is 0 Å². The molecule has 0 aromatic heterocycles. The second-order valence-electron chi connectivity index (χ2n) is 4.63. The van der Waals surface area contributed by atoms with E-state index in [4.69, 9.17) is 0 Å². The largest absolute Gasteiger partial charge is 0.311 e. The van der Waals surface area contributed by atoms with Crippen LogP contribution in [0.25, 0.3) is 0 Å². The summed E-state index contributed by atoms with van der Waals surface area (Å²) < 4.78 is 0. The second-order valence-corrected chi connectivity index (χ2v) is 5.54. The van der Waals surface area contributed by atoms with E-state index in [2.05, 4.69) is 32.3 Å². The summed E-state index contributed by atoms with van der Waals surface area (Å²) in [4.78, 5) is 0. The van der Waals surface area contributed by atoms with Crippen LogP contribution in [0.1, 0.15) is 59.3 Å². The molecule has 0 saturated carbocycles. The first-order valence-electron chi connectivity index (χ1n) is 6.45. The number of thioether (sulfide) groups is 1. The zero-order chi connectivity index (χ0) is 11.5. The van der Waals surface area contributed by atoms with E-state index < -0.39 is 0 Å². The van der Waals surface area contributed by atoms with Crippen molar-refractivity contribution in [3.05, 3.63) is 0 Å². The van der Waals surface area contributed by atoms with Gasteiger partial charge >= 0.3 is 0 Å². The summed E-state index contributed by atoms with van der Waals surface area (Å²) >= 11 is 1.92. The van der Waals surface area contributed by atoms with Crippen molar-refractivity contribution in [1.82, 2.24) is 5.32 Å². The Morgan fingerprint density at radius 2 is 1.67 bits per heavy atom. The molecule has 15 heavy (non-hydrogen) atoms. The van der Waals surface area contributed by atoms with Crippen molar-refractivity contribution in [3.8, 4) is 0 Å². The quantitative estimate of drug-likeness (QED) is 0.569. The molecule has 1 N–H and O–H groups in total. The first-order chi connectivity index (χ1) is 7.20. The van der Waals surface area contributed by atoms with Gasteiger partial charge < -0.3 is 5.32 Å². The van der Waals surface area contributed by atoms with Crippen LogP contribution in [0.15, 0.2) is 0 Å². The molecule has 0 amide bonds. The predicted molar refractivity (Wildman–Crippen MR) is 73.8 cm³/mol. The fraction of sp³-hybridized carbons (Fsp3) is 1.00. The van der Waals surface area contributed by atoms with E-state index in [-0.39, 0.29) is 0 Å². The molecule has 0 radical (unpaired) electrons. The maximum Gasteiger partial charge on any atom is 0.0132 e. The summed E-state index contributed by atoms with van der Waals surface area (Å²) in [5.41, 5.74) is 0. The van der Waals surface area contributed by atoms with Crippen LogP contribution in [0.3, 0.4) is 0 Å². The molecule has 2 atom stereocenters. The van der Waals surface area contributed by atoms with Crippen LogP contribution in [0.4, 0.5) is 0 Å². The molecule has 0 aromatic rings. The zero-order valence-corrected chi connectivity index (χ0v) is 11.8. The highest BCUT2D eigenvalue weighted by Crippen LogP contribution is 2.08. The van der Waals surface area contributed by atoms with E-state index in [1.165, 1.54) is 44.3 Å². The van der Waals surface area contributed by atoms with E-state index >= 15 is 0 Å². The predicted octanol–water partition coefficient (Wildman–Crippen LogP) is 4.08. The van der Waals surface area contributed by atoms with Gasteiger partial charge in [-0.1, -0.05) is 39.0 Å². The van der Waals surface area contributed by atoms with Crippen LogP contribution < -0.4 is 5.32 Å². The molecule has 0 rings (SSSR count). The number of hydrogen-bond donors (Lipinski definition) is 1. The van der Waals surface area contributed by atoms with Gasteiger partial charge in [-0.25, -0.2) is 0 Å². The third-order valence-corrected chi connectivity index (χ3v) is 3.56. The lowest BCUT2D eigenvalue weighted by Gasteiger charge is -2.19. The van der Waals surface area contributed by atoms with Gasteiger partial charge in [0.15, 0.2) is 0 Å². The topological polar surface area (TPSA) is 12.0 Å². The minimum atomic E-state index is 0.658. The molecular weight excluding hydrogens is 202 g/mol. The van der Waals surface area contributed by atoms with Crippen LogP contribution in [-0.2, 0) is 0 Å². The smallest absolute Gasteiger partial charge is 0.0132 e. The summed E-state index contributed by atoms with van der Waals surface area (Å²) in [6.45, 7) is 6.87. The summed E-state index contributed by atoms with van der Waals surface area (Å²) in [5.74, 6) is 1.22. The Labute approximate surface area is 101 Å². The highest BCUT2D eigenvalue weighted by molar-refractivity contribution is 7.98. The summed E-state index contributed by atoms with van der Waals surface area (Å²) in [5, 5.41) is 3.65. The van der Waals surface area contributed by atoms with Crippen molar-refractivity contribution < 1.29 is 0 Å². The lowest BCUT2D eigenvalue weighted by Crippen LogP contribution is -2.35. The minimum absolute atomic E-state index is 0.658. The van der Waals surface area contributed by atoms with E-state index in [0.717, 1.165) is 0 Å². The Morgan fingerprint density at radius 3 is 2.27 bits per heavy atom. The Morgan fingerprint density at radius 1 is 1.00 bits per heavy atom. The molecule has 0 saturated heterocycles. The molecule has 0 bridgehead atoms. The lowest BCUT2D eigenvalue weighted by atomic mass is 10.1. The molecule has 0 spiro atoms. The molecule has 1 nitrogen and oxygen atoms in total. The van der Waals surface area contributed by atoms with Gasteiger partial charge in [-0.3, -0.25) is 0 Å². The molecule has 0 aliphatic rings. The molecule has 92 valence electrons. The van der Waals surface area contributed by atoms with Crippen molar-refractivity contribution in [1.29, 1.82) is 0 Å². The number of hydrogen-bond acceptors (Lipinski definition) is 2. The molecule has 0 aliphatic heterocycles. The summed E-state index contributed by atoms with van der Waals surface area (Å²) in [7, 11) is 0. The number of nitrogens with one attached hydrogen (secondary N) is 1. The molecule has 0 fully saturated rings. The normalized spacial score (nSPS) is 15.2. The minimum Gasteiger partial charge on any atom is -0.311 e. The molecule has 0 aromatic carbocycles. The molecule has 2 heteroatoms. The standard InChI is InChI=1S/C13H29NS/c1-5-6-7-8-9-10-12(2)14-13(3)11-15-4/h12-14H,5-11H2,1-4H3. The van der Waals surface area contributed by atoms with Gasteiger partial charge in [0.2, 0.25) is 0 Å². The van der Waals surface area contributed by atoms with Crippen LogP contribution in [-0.4, -0.2) is 24.1 Å². The number of rotatable bonds is 10.